The number of primary amides is 1. The summed E-state index contributed by atoms with van der Waals surface area (Å²) in [6.07, 6.45) is 3.89. The predicted octanol–water partition coefficient (Wildman–Crippen LogP) is 1.61. The molecule has 1 atom stereocenters. The molecule has 0 aliphatic heterocycles. The van der Waals surface area contributed by atoms with Crippen LogP contribution in [0, 0.1) is 0 Å². The fraction of sp³-hybridized carbons (Fsp3) is 0.375. The fourth-order valence-corrected chi connectivity index (χ4v) is 2.28. The third kappa shape index (κ3) is 2.97. The van der Waals surface area contributed by atoms with Crippen molar-refractivity contribution >= 4 is 16.8 Å². The molecule has 1 unspecified atom stereocenters. The van der Waals surface area contributed by atoms with Crippen molar-refractivity contribution in [3.8, 4) is 5.75 Å². The van der Waals surface area contributed by atoms with Crippen LogP contribution in [0.1, 0.15) is 19.8 Å². The number of benzene rings is 1. The average molecular weight is 285 g/mol. The first-order valence-corrected chi connectivity index (χ1v) is 7.13. The Hall–Kier alpha value is -2.14. The Morgan fingerprint density at radius 2 is 2.19 bits per heavy atom. The van der Waals surface area contributed by atoms with Gasteiger partial charge in [0, 0.05) is 17.6 Å². The van der Waals surface area contributed by atoms with E-state index >= 15 is 0 Å². The molecule has 5 heteroatoms. The van der Waals surface area contributed by atoms with Crippen molar-refractivity contribution in [1.29, 1.82) is 0 Å². The maximum Gasteiger partial charge on any atom is 0.240 e. The van der Waals surface area contributed by atoms with Gasteiger partial charge in [-0.2, -0.15) is 0 Å². The van der Waals surface area contributed by atoms with Gasteiger partial charge in [0.25, 0.3) is 0 Å². The maximum atomic E-state index is 11.7. The lowest BCUT2D eigenvalue weighted by Gasteiger charge is -2.27. The minimum Gasteiger partial charge on any atom is -0.489 e. The highest BCUT2D eigenvalue weighted by atomic mass is 16.5. The van der Waals surface area contributed by atoms with Gasteiger partial charge in [0.1, 0.15) is 23.4 Å². The smallest absolute Gasteiger partial charge is 0.240 e. The van der Waals surface area contributed by atoms with E-state index in [1.54, 1.807) is 13.1 Å². The molecule has 21 heavy (non-hydrogen) atoms. The molecule has 1 saturated carbocycles. The van der Waals surface area contributed by atoms with Crippen molar-refractivity contribution < 1.29 is 9.53 Å². The number of nitrogens with two attached hydrogens (primary N) is 1. The molecule has 2 aromatic rings. The summed E-state index contributed by atoms with van der Waals surface area (Å²) in [6, 6.07) is 9.98. The lowest BCUT2D eigenvalue weighted by Crippen LogP contribution is -2.57. The van der Waals surface area contributed by atoms with Crippen molar-refractivity contribution in [3.05, 3.63) is 36.5 Å². The van der Waals surface area contributed by atoms with E-state index in [2.05, 4.69) is 10.3 Å². The maximum absolute atomic E-state index is 11.7. The predicted molar refractivity (Wildman–Crippen MR) is 81.0 cm³/mol. The van der Waals surface area contributed by atoms with Gasteiger partial charge in [-0.15, -0.1) is 0 Å². The first-order valence-electron chi connectivity index (χ1n) is 7.13. The van der Waals surface area contributed by atoms with Crippen LogP contribution in [0.15, 0.2) is 36.5 Å². The standard InChI is InChI=1S/C16H19N3O2/c1-16(15(17)20,19-12-7-8-12)10-21-13-6-2-4-11-5-3-9-18-14(11)13/h2-6,9,12,19H,7-8,10H2,1H3,(H2,17,20). The highest BCUT2D eigenvalue weighted by Gasteiger charge is 2.37. The summed E-state index contributed by atoms with van der Waals surface area (Å²) in [5, 5.41) is 4.27. The number of fused-ring (bicyclic) bond motifs is 1. The van der Waals surface area contributed by atoms with Gasteiger partial charge in [-0.1, -0.05) is 18.2 Å². The van der Waals surface area contributed by atoms with Gasteiger partial charge in [0.2, 0.25) is 5.91 Å². The molecule has 0 radical (unpaired) electrons. The molecule has 1 aromatic heterocycles. The zero-order valence-electron chi connectivity index (χ0n) is 12.0. The van der Waals surface area contributed by atoms with Crippen LogP contribution in [0.4, 0.5) is 0 Å². The molecular formula is C16H19N3O2. The zero-order valence-corrected chi connectivity index (χ0v) is 12.0. The number of pyridine rings is 1. The van der Waals surface area contributed by atoms with Crippen LogP contribution in [-0.4, -0.2) is 29.1 Å². The molecule has 1 fully saturated rings. The summed E-state index contributed by atoms with van der Waals surface area (Å²) in [6.45, 7) is 1.97. The Balaban J connectivity index is 1.79. The van der Waals surface area contributed by atoms with E-state index in [1.165, 1.54) is 0 Å². The van der Waals surface area contributed by atoms with Crippen molar-refractivity contribution in [2.75, 3.05) is 6.61 Å². The molecule has 3 N–H and O–H groups in total. The molecule has 0 spiro atoms. The van der Waals surface area contributed by atoms with Crippen molar-refractivity contribution in [2.24, 2.45) is 5.73 Å². The summed E-state index contributed by atoms with van der Waals surface area (Å²) in [5.41, 5.74) is 5.45. The molecule has 1 aliphatic rings. The molecule has 1 aliphatic carbocycles. The van der Waals surface area contributed by atoms with E-state index in [4.69, 9.17) is 10.5 Å². The minimum absolute atomic E-state index is 0.189. The number of nitrogens with one attached hydrogen (secondary N) is 1. The normalized spacial score (nSPS) is 17.4. The van der Waals surface area contributed by atoms with Crippen LogP contribution in [-0.2, 0) is 4.79 Å². The second-order valence-electron chi connectivity index (χ2n) is 5.73. The second kappa shape index (κ2) is 5.33. The number of ether oxygens (including phenoxy) is 1. The van der Waals surface area contributed by atoms with Crippen molar-refractivity contribution in [2.45, 2.75) is 31.3 Å². The molecule has 1 heterocycles. The Bertz CT molecular complexity index is 664. The average Bonchev–Trinajstić information content (AvgIpc) is 3.28. The van der Waals surface area contributed by atoms with Crippen molar-refractivity contribution in [1.82, 2.24) is 10.3 Å². The Labute approximate surface area is 123 Å². The van der Waals surface area contributed by atoms with Crippen LogP contribution < -0.4 is 15.8 Å². The van der Waals surface area contributed by atoms with Gasteiger partial charge >= 0.3 is 0 Å². The van der Waals surface area contributed by atoms with Crippen LogP contribution in [0.25, 0.3) is 10.9 Å². The summed E-state index contributed by atoms with van der Waals surface area (Å²) in [7, 11) is 0. The minimum atomic E-state index is -0.863. The Kier molecular flexibility index (Phi) is 3.51. The van der Waals surface area contributed by atoms with E-state index in [-0.39, 0.29) is 6.61 Å². The van der Waals surface area contributed by atoms with Crippen LogP contribution in [0.2, 0.25) is 0 Å². The SMILES string of the molecule is CC(COc1cccc2cccnc12)(NC1CC1)C(N)=O. The van der Waals surface area contributed by atoms with Gasteiger partial charge < -0.3 is 10.5 Å². The first-order chi connectivity index (χ1) is 10.1. The number of carbonyl (C=O) groups is 1. The molecule has 0 saturated heterocycles. The van der Waals surface area contributed by atoms with Crippen LogP contribution in [0.3, 0.4) is 0 Å². The van der Waals surface area contributed by atoms with E-state index in [0.717, 1.165) is 23.7 Å². The van der Waals surface area contributed by atoms with E-state index in [9.17, 15) is 4.79 Å². The zero-order chi connectivity index (χ0) is 14.9. The molecular weight excluding hydrogens is 266 g/mol. The molecule has 0 bridgehead atoms. The number of aromatic nitrogens is 1. The highest BCUT2D eigenvalue weighted by Crippen LogP contribution is 2.26. The number of para-hydroxylation sites is 1. The van der Waals surface area contributed by atoms with E-state index in [1.807, 2.05) is 30.3 Å². The monoisotopic (exact) mass is 285 g/mol. The molecule has 1 aromatic carbocycles. The number of amides is 1. The summed E-state index contributed by atoms with van der Waals surface area (Å²) in [5.74, 6) is 0.265. The quantitative estimate of drug-likeness (QED) is 0.845. The lowest BCUT2D eigenvalue weighted by atomic mass is 10.0. The Morgan fingerprint density at radius 1 is 1.43 bits per heavy atom. The van der Waals surface area contributed by atoms with Gasteiger partial charge in [0.05, 0.1) is 0 Å². The van der Waals surface area contributed by atoms with Gasteiger partial charge in [0.15, 0.2) is 0 Å². The summed E-state index contributed by atoms with van der Waals surface area (Å²) in [4.78, 5) is 16.1. The number of rotatable bonds is 6. The second-order valence-corrected chi connectivity index (χ2v) is 5.73. The number of hydrogen-bond acceptors (Lipinski definition) is 4. The van der Waals surface area contributed by atoms with Crippen molar-refractivity contribution in [3.63, 3.8) is 0 Å². The van der Waals surface area contributed by atoms with Gasteiger partial charge in [-0.3, -0.25) is 15.1 Å². The van der Waals surface area contributed by atoms with Gasteiger partial charge in [-0.25, -0.2) is 0 Å². The van der Waals surface area contributed by atoms with Crippen LogP contribution in [0.5, 0.6) is 5.75 Å². The fourth-order valence-electron chi connectivity index (χ4n) is 2.28. The number of nitrogens with zero attached hydrogens (tertiary/aromatic N) is 1. The topological polar surface area (TPSA) is 77.2 Å². The first kappa shape index (κ1) is 13.8. The Morgan fingerprint density at radius 3 is 2.90 bits per heavy atom. The van der Waals surface area contributed by atoms with Crippen LogP contribution >= 0.6 is 0 Å². The van der Waals surface area contributed by atoms with Gasteiger partial charge in [-0.05, 0) is 31.9 Å². The lowest BCUT2D eigenvalue weighted by molar-refractivity contribution is -0.125. The number of hydrogen-bond donors (Lipinski definition) is 2. The largest absolute Gasteiger partial charge is 0.489 e. The summed E-state index contributed by atoms with van der Waals surface area (Å²) >= 11 is 0. The third-order valence-electron chi connectivity index (χ3n) is 3.76. The molecule has 3 rings (SSSR count). The molecule has 1 amide bonds. The highest BCUT2D eigenvalue weighted by molar-refractivity contribution is 5.85. The third-order valence-corrected chi connectivity index (χ3v) is 3.76. The van der Waals surface area contributed by atoms with E-state index < -0.39 is 11.4 Å². The van der Waals surface area contributed by atoms with E-state index in [0.29, 0.717) is 11.8 Å². The number of carbonyl (C=O) groups excluding carboxylic acids is 1. The molecule has 110 valence electrons. The summed E-state index contributed by atoms with van der Waals surface area (Å²) < 4.78 is 5.85. The molecule has 5 nitrogen and oxygen atoms in total.